The third-order valence-electron chi connectivity index (χ3n) is 2.44. The van der Waals surface area contributed by atoms with Crippen LogP contribution in [0.4, 0.5) is 10.2 Å². The first-order chi connectivity index (χ1) is 8.74. The fraction of sp³-hybridized carbons (Fsp3) is 0.615. The van der Waals surface area contributed by atoms with Crippen molar-refractivity contribution in [2.75, 3.05) is 5.32 Å². The number of nitrogens with one attached hydrogen (secondary N) is 2. The fourth-order valence-electron chi connectivity index (χ4n) is 1.50. The summed E-state index contributed by atoms with van der Waals surface area (Å²) >= 11 is 0. The highest BCUT2D eigenvalue weighted by Crippen LogP contribution is 2.14. The van der Waals surface area contributed by atoms with Crippen LogP contribution < -0.4 is 10.6 Å². The molecule has 0 radical (unpaired) electrons. The molecule has 1 unspecified atom stereocenters. The number of anilines is 1. The highest BCUT2D eigenvalue weighted by atomic mass is 19.1. The molecule has 0 fully saturated rings. The van der Waals surface area contributed by atoms with Gasteiger partial charge in [-0.2, -0.15) is 0 Å². The number of nitrogens with zero attached hydrogens (tertiary/aromatic N) is 2. The van der Waals surface area contributed by atoms with E-state index in [4.69, 9.17) is 0 Å². The Bertz CT molecular complexity index is 456. The van der Waals surface area contributed by atoms with E-state index in [0.29, 0.717) is 12.1 Å². The molecule has 2 N–H and O–H groups in total. The van der Waals surface area contributed by atoms with E-state index in [1.54, 1.807) is 6.92 Å². The molecule has 1 atom stereocenters. The zero-order valence-corrected chi connectivity index (χ0v) is 12.0. The summed E-state index contributed by atoms with van der Waals surface area (Å²) in [7, 11) is 0. The van der Waals surface area contributed by atoms with Crippen LogP contribution >= 0.6 is 0 Å². The first-order valence-corrected chi connectivity index (χ1v) is 6.32. The maximum absolute atomic E-state index is 13.9. The number of aryl methyl sites for hydroxylation is 1. The summed E-state index contributed by atoms with van der Waals surface area (Å²) in [5.41, 5.74) is 0.00663. The van der Waals surface area contributed by atoms with Crippen molar-refractivity contribution >= 4 is 11.7 Å². The van der Waals surface area contributed by atoms with Gasteiger partial charge in [0.15, 0.2) is 11.6 Å². The molecule has 0 saturated carbocycles. The lowest BCUT2D eigenvalue weighted by atomic mass is 10.1. The molecule has 6 heteroatoms. The molecule has 0 saturated heterocycles. The Hall–Kier alpha value is -1.72. The number of amides is 1. The van der Waals surface area contributed by atoms with Crippen LogP contribution in [-0.2, 0) is 11.2 Å². The summed E-state index contributed by atoms with van der Waals surface area (Å²) in [5.74, 6) is -0.646. The van der Waals surface area contributed by atoms with Gasteiger partial charge in [0.25, 0.3) is 0 Å². The van der Waals surface area contributed by atoms with Crippen LogP contribution in [0.25, 0.3) is 0 Å². The maximum atomic E-state index is 13.9. The van der Waals surface area contributed by atoms with Crippen LogP contribution in [0.3, 0.4) is 0 Å². The molecule has 1 rings (SSSR count). The van der Waals surface area contributed by atoms with Gasteiger partial charge >= 0.3 is 0 Å². The molecule has 1 amide bonds. The third kappa shape index (κ3) is 4.46. The molecule has 106 valence electrons. The van der Waals surface area contributed by atoms with Gasteiger partial charge in [0.1, 0.15) is 12.4 Å². The quantitative estimate of drug-likeness (QED) is 0.875. The number of rotatable bonds is 4. The highest BCUT2D eigenvalue weighted by Gasteiger charge is 2.21. The minimum absolute atomic E-state index is 0.0587. The Morgan fingerprint density at radius 3 is 2.58 bits per heavy atom. The number of hydrogen-bond donors (Lipinski definition) is 2. The van der Waals surface area contributed by atoms with Crippen LogP contribution in [0.1, 0.15) is 40.3 Å². The molecule has 0 spiro atoms. The van der Waals surface area contributed by atoms with Crippen molar-refractivity contribution in [3.05, 3.63) is 17.8 Å². The number of carbonyl (C=O) groups excluding carboxylic acids is 1. The topological polar surface area (TPSA) is 66.9 Å². The van der Waals surface area contributed by atoms with Crippen molar-refractivity contribution in [2.45, 2.75) is 52.6 Å². The van der Waals surface area contributed by atoms with E-state index in [1.165, 1.54) is 6.33 Å². The zero-order valence-electron chi connectivity index (χ0n) is 12.0. The Kier molecular flexibility index (Phi) is 4.80. The van der Waals surface area contributed by atoms with Crippen molar-refractivity contribution in [1.82, 2.24) is 15.3 Å². The van der Waals surface area contributed by atoms with E-state index in [1.807, 2.05) is 27.7 Å². The summed E-state index contributed by atoms with van der Waals surface area (Å²) in [6.45, 7) is 9.13. The van der Waals surface area contributed by atoms with E-state index in [2.05, 4.69) is 20.6 Å². The lowest BCUT2D eigenvalue weighted by Gasteiger charge is -2.24. The maximum Gasteiger partial charge on any atom is 0.242 e. The third-order valence-corrected chi connectivity index (χ3v) is 2.44. The lowest BCUT2D eigenvalue weighted by molar-refractivity contribution is -0.122. The summed E-state index contributed by atoms with van der Waals surface area (Å²) < 4.78 is 13.9. The lowest BCUT2D eigenvalue weighted by Crippen LogP contribution is -2.47. The molecule has 0 aliphatic rings. The summed E-state index contributed by atoms with van der Waals surface area (Å²) in [5, 5.41) is 5.59. The van der Waals surface area contributed by atoms with Crippen LogP contribution in [0.2, 0.25) is 0 Å². The summed E-state index contributed by atoms with van der Waals surface area (Å²) in [6, 6.07) is -0.576. The molecule has 0 aliphatic heterocycles. The van der Waals surface area contributed by atoms with Crippen LogP contribution in [0.15, 0.2) is 6.33 Å². The van der Waals surface area contributed by atoms with E-state index >= 15 is 0 Å². The van der Waals surface area contributed by atoms with Crippen molar-refractivity contribution in [1.29, 1.82) is 0 Å². The Morgan fingerprint density at radius 2 is 2.05 bits per heavy atom. The average molecular weight is 268 g/mol. The number of hydrogen-bond acceptors (Lipinski definition) is 4. The van der Waals surface area contributed by atoms with Gasteiger partial charge < -0.3 is 10.6 Å². The van der Waals surface area contributed by atoms with Gasteiger partial charge in [-0.15, -0.1) is 0 Å². The van der Waals surface area contributed by atoms with Crippen LogP contribution in [0.5, 0.6) is 0 Å². The first kappa shape index (κ1) is 15.3. The number of halogens is 1. The molecule has 0 bridgehead atoms. The van der Waals surface area contributed by atoms with E-state index in [0.717, 1.165) is 0 Å². The molecule has 19 heavy (non-hydrogen) atoms. The SMILES string of the molecule is CCc1ncnc(NC(C)C(=O)NC(C)(C)C)c1F. The van der Waals surface area contributed by atoms with Crippen molar-refractivity contribution in [2.24, 2.45) is 0 Å². The predicted molar refractivity (Wildman–Crippen MR) is 72.3 cm³/mol. The Labute approximate surface area is 113 Å². The van der Waals surface area contributed by atoms with Gasteiger partial charge in [-0.1, -0.05) is 6.92 Å². The minimum Gasteiger partial charge on any atom is -0.356 e. The van der Waals surface area contributed by atoms with E-state index in [9.17, 15) is 9.18 Å². The van der Waals surface area contributed by atoms with Gasteiger partial charge in [-0.05, 0) is 34.1 Å². The van der Waals surface area contributed by atoms with Gasteiger partial charge in [0, 0.05) is 5.54 Å². The van der Waals surface area contributed by atoms with Crippen molar-refractivity contribution in [3.63, 3.8) is 0 Å². The van der Waals surface area contributed by atoms with E-state index < -0.39 is 11.9 Å². The second-order valence-corrected chi connectivity index (χ2v) is 5.44. The normalized spacial score (nSPS) is 12.9. The summed E-state index contributed by atoms with van der Waals surface area (Å²) in [6.07, 6.45) is 1.77. The average Bonchev–Trinajstić information content (AvgIpc) is 2.29. The van der Waals surface area contributed by atoms with Gasteiger partial charge in [-0.3, -0.25) is 4.79 Å². The van der Waals surface area contributed by atoms with Crippen molar-refractivity contribution < 1.29 is 9.18 Å². The highest BCUT2D eigenvalue weighted by molar-refractivity contribution is 5.84. The number of carbonyl (C=O) groups is 1. The zero-order chi connectivity index (χ0) is 14.6. The predicted octanol–water partition coefficient (Wildman–Crippen LogP) is 1.89. The number of aromatic nitrogens is 2. The van der Waals surface area contributed by atoms with Gasteiger partial charge in [0.2, 0.25) is 5.91 Å². The molecule has 1 heterocycles. The molecule has 0 aliphatic carbocycles. The smallest absolute Gasteiger partial charge is 0.242 e. The van der Waals surface area contributed by atoms with E-state index in [-0.39, 0.29) is 17.3 Å². The fourth-order valence-corrected chi connectivity index (χ4v) is 1.50. The standard InChI is InChI=1S/C13H21FN4O/c1-6-9-10(14)11(16-7-15-9)17-8(2)12(19)18-13(3,4)5/h7-8H,6H2,1-5H3,(H,18,19)(H,15,16,17). The van der Waals surface area contributed by atoms with Gasteiger partial charge in [-0.25, -0.2) is 14.4 Å². The minimum atomic E-state index is -0.576. The van der Waals surface area contributed by atoms with Crippen molar-refractivity contribution in [3.8, 4) is 0 Å². The molecular formula is C13H21FN4O. The molecule has 1 aromatic rings. The molecular weight excluding hydrogens is 247 g/mol. The van der Waals surface area contributed by atoms with Crippen LogP contribution in [0, 0.1) is 5.82 Å². The monoisotopic (exact) mass is 268 g/mol. The summed E-state index contributed by atoms with van der Waals surface area (Å²) in [4.78, 5) is 19.6. The Morgan fingerprint density at radius 1 is 1.42 bits per heavy atom. The molecule has 5 nitrogen and oxygen atoms in total. The second-order valence-electron chi connectivity index (χ2n) is 5.44. The molecule has 0 aromatic carbocycles. The Balaban J connectivity index is 2.77. The largest absolute Gasteiger partial charge is 0.356 e. The van der Waals surface area contributed by atoms with Crippen LogP contribution in [-0.4, -0.2) is 27.5 Å². The molecule has 1 aromatic heterocycles. The second kappa shape index (κ2) is 5.95. The first-order valence-electron chi connectivity index (χ1n) is 6.32. The van der Waals surface area contributed by atoms with Gasteiger partial charge in [0.05, 0.1) is 5.69 Å².